The predicted molar refractivity (Wildman–Crippen MR) is 78.4 cm³/mol. The van der Waals surface area contributed by atoms with Gasteiger partial charge in [0.1, 0.15) is 5.75 Å². The van der Waals surface area contributed by atoms with Gasteiger partial charge >= 0.3 is 5.97 Å². The van der Waals surface area contributed by atoms with E-state index in [0.29, 0.717) is 12.2 Å². The molecule has 0 aliphatic rings. The number of hydrogen-bond donors (Lipinski definition) is 3. The Hall–Kier alpha value is -2.49. The molecule has 0 heterocycles. The van der Waals surface area contributed by atoms with E-state index in [1.807, 2.05) is 25.1 Å². The monoisotopic (exact) mass is 271 g/mol. The normalized spacial score (nSPS) is 10.2. The van der Waals surface area contributed by atoms with E-state index in [1.54, 1.807) is 24.3 Å². The number of benzene rings is 2. The zero-order chi connectivity index (χ0) is 14.5. The van der Waals surface area contributed by atoms with E-state index in [4.69, 9.17) is 5.11 Å². The van der Waals surface area contributed by atoms with Crippen LogP contribution >= 0.6 is 0 Å². The Kier molecular flexibility index (Phi) is 4.25. The second-order valence-electron chi connectivity index (χ2n) is 4.65. The smallest absolute Gasteiger partial charge is 0.337 e. The van der Waals surface area contributed by atoms with E-state index in [-0.39, 0.29) is 11.3 Å². The van der Waals surface area contributed by atoms with Gasteiger partial charge in [0, 0.05) is 6.54 Å². The molecule has 2 aromatic rings. The first-order valence-corrected chi connectivity index (χ1v) is 6.42. The van der Waals surface area contributed by atoms with Crippen molar-refractivity contribution >= 4 is 11.7 Å². The maximum Gasteiger partial charge on any atom is 0.337 e. The summed E-state index contributed by atoms with van der Waals surface area (Å²) in [6, 6.07) is 12.2. The van der Waals surface area contributed by atoms with Crippen LogP contribution in [0.2, 0.25) is 0 Å². The molecule has 0 saturated heterocycles. The summed E-state index contributed by atoms with van der Waals surface area (Å²) in [4.78, 5) is 11.2. The van der Waals surface area contributed by atoms with Gasteiger partial charge in [-0.3, -0.25) is 0 Å². The van der Waals surface area contributed by atoms with Crippen LogP contribution in [-0.4, -0.2) is 22.7 Å². The molecule has 0 radical (unpaired) electrons. The minimum atomic E-state index is -0.930. The van der Waals surface area contributed by atoms with Gasteiger partial charge in [0.25, 0.3) is 0 Å². The van der Waals surface area contributed by atoms with Crippen molar-refractivity contribution in [1.82, 2.24) is 0 Å². The number of anilines is 1. The molecule has 0 amide bonds. The number of aromatic hydroxyl groups is 1. The standard InChI is InChI=1S/C16H17NO3/c1-11-3-2-4-14(16(19)20)15(11)17-10-9-12-5-7-13(18)8-6-12/h2-8,17-18H,9-10H2,1H3,(H,19,20). The number of hydrogen-bond acceptors (Lipinski definition) is 3. The molecule has 3 N–H and O–H groups in total. The number of nitrogens with one attached hydrogen (secondary N) is 1. The molecule has 0 unspecified atom stereocenters. The molecule has 20 heavy (non-hydrogen) atoms. The van der Waals surface area contributed by atoms with Crippen LogP contribution in [0.25, 0.3) is 0 Å². The molecule has 4 nitrogen and oxygen atoms in total. The highest BCUT2D eigenvalue weighted by molar-refractivity contribution is 5.95. The molecule has 0 aliphatic heterocycles. The van der Waals surface area contributed by atoms with Gasteiger partial charge in [-0.1, -0.05) is 24.3 Å². The zero-order valence-electron chi connectivity index (χ0n) is 11.3. The highest BCUT2D eigenvalue weighted by atomic mass is 16.4. The Morgan fingerprint density at radius 1 is 1.15 bits per heavy atom. The van der Waals surface area contributed by atoms with Crippen LogP contribution in [0.1, 0.15) is 21.5 Å². The lowest BCUT2D eigenvalue weighted by Gasteiger charge is -2.12. The number of aromatic carboxylic acids is 1. The van der Waals surface area contributed by atoms with Crippen molar-refractivity contribution in [2.24, 2.45) is 0 Å². The summed E-state index contributed by atoms with van der Waals surface area (Å²) in [5.41, 5.74) is 2.95. The fourth-order valence-corrected chi connectivity index (χ4v) is 2.08. The molecular formula is C16H17NO3. The number of aryl methyl sites for hydroxylation is 1. The average molecular weight is 271 g/mol. The lowest BCUT2D eigenvalue weighted by Crippen LogP contribution is -2.10. The average Bonchev–Trinajstić information content (AvgIpc) is 2.42. The summed E-state index contributed by atoms with van der Waals surface area (Å²) in [7, 11) is 0. The minimum absolute atomic E-state index is 0.244. The van der Waals surface area contributed by atoms with Gasteiger partial charge in [-0.15, -0.1) is 0 Å². The quantitative estimate of drug-likeness (QED) is 0.781. The van der Waals surface area contributed by atoms with Gasteiger partial charge < -0.3 is 15.5 Å². The third-order valence-corrected chi connectivity index (χ3v) is 3.15. The molecular weight excluding hydrogens is 254 g/mol. The molecule has 0 atom stereocenters. The lowest BCUT2D eigenvalue weighted by molar-refractivity contribution is 0.0698. The third-order valence-electron chi connectivity index (χ3n) is 3.15. The predicted octanol–water partition coefficient (Wildman–Crippen LogP) is 3.05. The van der Waals surface area contributed by atoms with E-state index < -0.39 is 5.97 Å². The number of rotatable bonds is 5. The first-order chi connectivity index (χ1) is 9.58. The molecule has 4 heteroatoms. The number of phenols is 1. The summed E-state index contributed by atoms with van der Waals surface area (Å²) in [6.45, 7) is 2.52. The van der Waals surface area contributed by atoms with Crippen LogP contribution in [0.4, 0.5) is 5.69 Å². The van der Waals surface area contributed by atoms with Gasteiger partial charge in [-0.2, -0.15) is 0 Å². The topological polar surface area (TPSA) is 69.6 Å². The Morgan fingerprint density at radius 3 is 2.50 bits per heavy atom. The van der Waals surface area contributed by atoms with Crippen LogP contribution in [0.15, 0.2) is 42.5 Å². The maximum absolute atomic E-state index is 11.2. The van der Waals surface area contributed by atoms with Gasteiger partial charge in [0.05, 0.1) is 11.3 Å². The summed E-state index contributed by atoms with van der Waals surface area (Å²) in [5.74, 6) is -0.686. The van der Waals surface area contributed by atoms with Crippen LogP contribution in [0.3, 0.4) is 0 Å². The van der Waals surface area contributed by atoms with Crippen molar-refractivity contribution in [3.05, 3.63) is 59.2 Å². The fourth-order valence-electron chi connectivity index (χ4n) is 2.08. The van der Waals surface area contributed by atoms with Crippen molar-refractivity contribution in [2.45, 2.75) is 13.3 Å². The molecule has 0 aliphatic carbocycles. The molecule has 2 rings (SSSR count). The van der Waals surface area contributed by atoms with Crippen LogP contribution in [0, 0.1) is 6.92 Å². The van der Waals surface area contributed by atoms with Crippen LogP contribution in [-0.2, 0) is 6.42 Å². The molecule has 2 aromatic carbocycles. The molecule has 0 bridgehead atoms. The number of carbonyl (C=O) groups is 1. The summed E-state index contributed by atoms with van der Waals surface area (Å²) in [5, 5.41) is 21.6. The third kappa shape index (κ3) is 3.29. The Morgan fingerprint density at radius 2 is 1.85 bits per heavy atom. The second-order valence-corrected chi connectivity index (χ2v) is 4.65. The minimum Gasteiger partial charge on any atom is -0.508 e. The van der Waals surface area contributed by atoms with E-state index >= 15 is 0 Å². The largest absolute Gasteiger partial charge is 0.508 e. The molecule has 0 spiro atoms. The van der Waals surface area contributed by atoms with E-state index in [2.05, 4.69) is 5.32 Å². The Bertz CT molecular complexity index is 606. The number of phenolic OH excluding ortho intramolecular Hbond substituents is 1. The number of carboxylic acid groups (broad SMARTS) is 1. The second kappa shape index (κ2) is 6.10. The summed E-state index contributed by atoms with van der Waals surface area (Å²) >= 11 is 0. The van der Waals surface area contributed by atoms with Gasteiger partial charge in [-0.25, -0.2) is 4.79 Å². The van der Waals surface area contributed by atoms with E-state index in [0.717, 1.165) is 17.5 Å². The van der Waals surface area contributed by atoms with Crippen molar-refractivity contribution in [3.8, 4) is 5.75 Å². The van der Waals surface area contributed by atoms with Gasteiger partial charge in [-0.05, 0) is 42.7 Å². The summed E-state index contributed by atoms with van der Waals surface area (Å²) < 4.78 is 0. The summed E-state index contributed by atoms with van der Waals surface area (Å²) in [6.07, 6.45) is 0.758. The van der Waals surface area contributed by atoms with Crippen molar-refractivity contribution in [3.63, 3.8) is 0 Å². The maximum atomic E-state index is 11.2. The first kappa shape index (κ1) is 13.9. The van der Waals surface area contributed by atoms with Crippen molar-refractivity contribution in [2.75, 3.05) is 11.9 Å². The highest BCUT2D eigenvalue weighted by Gasteiger charge is 2.11. The van der Waals surface area contributed by atoms with Crippen molar-refractivity contribution in [1.29, 1.82) is 0 Å². The number of carboxylic acids is 1. The van der Waals surface area contributed by atoms with Gasteiger partial charge in [0.15, 0.2) is 0 Å². The zero-order valence-corrected chi connectivity index (χ0v) is 11.3. The van der Waals surface area contributed by atoms with Crippen LogP contribution in [0.5, 0.6) is 5.75 Å². The molecule has 0 aromatic heterocycles. The lowest BCUT2D eigenvalue weighted by atomic mass is 10.1. The molecule has 104 valence electrons. The van der Waals surface area contributed by atoms with Crippen molar-refractivity contribution < 1.29 is 15.0 Å². The molecule has 0 saturated carbocycles. The first-order valence-electron chi connectivity index (χ1n) is 6.42. The van der Waals surface area contributed by atoms with Crippen LogP contribution < -0.4 is 5.32 Å². The van der Waals surface area contributed by atoms with E-state index in [1.165, 1.54) is 0 Å². The molecule has 0 fully saturated rings. The SMILES string of the molecule is Cc1cccc(C(=O)O)c1NCCc1ccc(O)cc1. The Labute approximate surface area is 117 Å². The highest BCUT2D eigenvalue weighted by Crippen LogP contribution is 2.20. The van der Waals surface area contributed by atoms with E-state index in [9.17, 15) is 9.90 Å². The fraction of sp³-hybridized carbons (Fsp3) is 0.188. The Balaban J connectivity index is 2.04. The number of para-hydroxylation sites is 1. The van der Waals surface area contributed by atoms with Gasteiger partial charge in [0.2, 0.25) is 0 Å².